The molecule has 0 bridgehead atoms. The summed E-state index contributed by atoms with van der Waals surface area (Å²) in [6.45, 7) is 7.11. The number of halogens is 2. The monoisotopic (exact) mass is 534 g/mol. The molecule has 2 rings (SSSR count). The number of nitrogens with zero attached hydrogens (tertiary/aromatic N) is 1. The Kier molecular flexibility index (Phi) is 10.5. The van der Waals surface area contributed by atoms with Gasteiger partial charge in [0.25, 0.3) is 0 Å². The summed E-state index contributed by atoms with van der Waals surface area (Å²) in [5.41, 5.74) is 2.35. The lowest BCUT2D eigenvalue weighted by molar-refractivity contribution is 0.580. The zero-order valence-corrected chi connectivity index (χ0v) is 20.0. The predicted molar refractivity (Wildman–Crippen MR) is 126 cm³/mol. The number of benzene rings is 2. The van der Waals surface area contributed by atoms with E-state index in [-0.39, 0.29) is 36.3 Å². The number of guanidine groups is 1. The first-order chi connectivity index (χ1) is 13.3. The third-order valence-electron chi connectivity index (χ3n) is 4.00. The van der Waals surface area contributed by atoms with Crippen LogP contribution < -0.4 is 15.4 Å². The van der Waals surface area contributed by atoms with Gasteiger partial charge in [0.1, 0.15) is 5.82 Å². The first kappa shape index (κ1) is 25.3. The summed E-state index contributed by atoms with van der Waals surface area (Å²) in [4.78, 5) is 4.68. The molecule has 2 aromatic carbocycles. The van der Waals surface area contributed by atoms with E-state index in [0.717, 1.165) is 11.1 Å². The van der Waals surface area contributed by atoms with Crippen molar-refractivity contribution < 1.29 is 12.8 Å². The zero-order chi connectivity index (χ0) is 20.6. The van der Waals surface area contributed by atoms with Crippen molar-refractivity contribution >= 4 is 40.0 Å². The molecule has 9 heteroatoms. The molecule has 0 saturated carbocycles. The Morgan fingerprint density at radius 3 is 2.52 bits per heavy atom. The van der Waals surface area contributed by atoms with Crippen LogP contribution in [0.15, 0.2) is 52.4 Å². The van der Waals surface area contributed by atoms with Crippen LogP contribution in [0.1, 0.15) is 23.6 Å². The largest absolute Gasteiger partial charge is 0.357 e. The number of sulfonamides is 1. The van der Waals surface area contributed by atoms with E-state index in [0.29, 0.717) is 36.1 Å². The van der Waals surface area contributed by atoms with E-state index in [1.807, 2.05) is 19.9 Å². The molecule has 0 radical (unpaired) electrons. The average molecular weight is 534 g/mol. The highest BCUT2D eigenvalue weighted by Crippen LogP contribution is 2.16. The summed E-state index contributed by atoms with van der Waals surface area (Å²) >= 11 is 0. The number of hydrogen-bond donors (Lipinski definition) is 3. The van der Waals surface area contributed by atoms with Crippen LogP contribution in [0.2, 0.25) is 0 Å². The second kappa shape index (κ2) is 12.1. The minimum absolute atomic E-state index is 0. The molecule has 0 atom stereocenters. The lowest BCUT2D eigenvalue weighted by atomic mass is 10.2. The molecule has 0 saturated heterocycles. The van der Waals surface area contributed by atoms with Crippen molar-refractivity contribution in [2.75, 3.05) is 19.6 Å². The van der Waals surface area contributed by atoms with E-state index in [4.69, 9.17) is 0 Å². The molecule has 0 unspecified atom stereocenters. The summed E-state index contributed by atoms with van der Waals surface area (Å²) in [6.07, 6.45) is 0. The first-order valence-electron chi connectivity index (χ1n) is 9.15. The van der Waals surface area contributed by atoms with E-state index in [2.05, 4.69) is 20.3 Å². The van der Waals surface area contributed by atoms with E-state index >= 15 is 0 Å². The highest BCUT2D eigenvalue weighted by atomic mass is 127. The fourth-order valence-corrected chi connectivity index (χ4v) is 3.95. The van der Waals surface area contributed by atoms with Gasteiger partial charge in [-0.15, -0.1) is 24.0 Å². The van der Waals surface area contributed by atoms with Gasteiger partial charge in [0.05, 0.1) is 11.4 Å². The van der Waals surface area contributed by atoms with Crippen LogP contribution in [0.4, 0.5) is 4.39 Å². The molecule has 0 fully saturated rings. The molecule has 29 heavy (non-hydrogen) atoms. The zero-order valence-electron chi connectivity index (χ0n) is 16.8. The number of aliphatic imine (C=N–C) groups is 1. The molecule has 0 spiro atoms. The second-order valence-corrected chi connectivity index (χ2v) is 8.15. The molecular formula is C20H28FIN4O2S. The SMILES string of the molecule is CCNC(=NCc1cccc(F)c1)NCCNS(=O)(=O)c1cc(C)ccc1C.I. The third kappa shape index (κ3) is 8.27. The quantitative estimate of drug-likeness (QED) is 0.211. The van der Waals surface area contributed by atoms with Crippen molar-refractivity contribution in [1.29, 1.82) is 0 Å². The van der Waals surface area contributed by atoms with Gasteiger partial charge in [0.2, 0.25) is 10.0 Å². The highest BCUT2D eigenvalue weighted by Gasteiger charge is 2.16. The van der Waals surface area contributed by atoms with E-state index < -0.39 is 10.0 Å². The Labute approximate surface area is 189 Å². The Balaban J connectivity index is 0.00000420. The lowest BCUT2D eigenvalue weighted by Crippen LogP contribution is -2.41. The third-order valence-corrected chi connectivity index (χ3v) is 5.60. The van der Waals surface area contributed by atoms with Crippen LogP contribution in [0.5, 0.6) is 0 Å². The molecule has 6 nitrogen and oxygen atoms in total. The van der Waals surface area contributed by atoms with Gasteiger partial charge >= 0.3 is 0 Å². The maximum atomic E-state index is 13.2. The van der Waals surface area contributed by atoms with Crippen LogP contribution in [0, 0.1) is 19.7 Å². The summed E-state index contributed by atoms with van der Waals surface area (Å²) in [5.74, 6) is 0.240. The summed E-state index contributed by atoms with van der Waals surface area (Å²) in [6, 6.07) is 11.6. The van der Waals surface area contributed by atoms with Crippen LogP contribution in [0.25, 0.3) is 0 Å². The Bertz CT molecular complexity index is 936. The van der Waals surface area contributed by atoms with Gasteiger partial charge in [0, 0.05) is 19.6 Å². The minimum atomic E-state index is -3.58. The van der Waals surface area contributed by atoms with Gasteiger partial charge < -0.3 is 10.6 Å². The lowest BCUT2D eigenvalue weighted by Gasteiger charge is -2.13. The Morgan fingerprint density at radius 2 is 1.83 bits per heavy atom. The van der Waals surface area contributed by atoms with Gasteiger partial charge in [-0.2, -0.15) is 0 Å². The fraction of sp³-hybridized carbons (Fsp3) is 0.350. The Hall–Kier alpha value is -1.72. The number of aryl methyl sites for hydroxylation is 2. The van der Waals surface area contributed by atoms with Gasteiger partial charge in [-0.3, -0.25) is 0 Å². The molecule has 0 aromatic heterocycles. The van der Waals surface area contributed by atoms with Gasteiger partial charge in [-0.1, -0.05) is 24.3 Å². The number of rotatable bonds is 8. The number of hydrogen-bond acceptors (Lipinski definition) is 3. The summed E-state index contributed by atoms with van der Waals surface area (Å²) in [7, 11) is -3.58. The van der Waals surface area contributed by atoms with Crippen molar-refractivity contribution in [2.45, 2.75) is 32.2 Å². The minimum Gasteiger partial charge on any atom is -0.357 e. The molecular weight excluding hydrogens is 506 g/mol. The molecule has 0 aliphatic carbocycles. The molecule has 3 N–H and O–H groups in total. The van der Waals surface area contributed by atoms with Gasteiger partial charge in [-0.05, 0) is 55.7 Å². The molecule has 0 amide bonds. The van der Waals surface area contributed by atoms with Crippen molar-refractivity contribution in [2.24, 2.45) is 4.99 Å². The van der Waals surface area contributed by atoms with Crippen LogP contribution >= 0.6 is 24.0 Å². The smallest absolute Gasteiger partial charge is 0.240 e. The topological polar surface area (TPSA) is 82.6 Å². The number of nitrogens with one attached hydrogen (secondary N) is 3. The molecule has 0 aliphatic heterocycles. The standard InChI is InChI=1S/C20H27FN4O2S.HI/c1-4-22-20(24-14-17-6-5-7-18(21)13-17)23-10-11-25-28(26,27)19-12-15(2)8-9-16(19)3;/h5-9,12-13,25H,4,10-11,14H2,1-3H3,(H2,22,23,24);1H. The van der Waals surface area contributed by atoms with Crippen molar-refractivity contribution in [3.63, 3.8) is 0 Å². The average Bonchev–Trinajstić information content (AvgIpc) is 2.65. The summed E-state index contributed by atoms with van der Waals surface area (Å²) < 4.78 is 40.8. The van der Waals surface area contributed by atoms with Crippen molar-refractivity contribution in [1.82, 2.24) is 15.4 Å². The predicted octanol–water partition coefficient (Wildman–Crippen LogP) is 3.09. The molecule has 0 heterocycles. The highest BCUT2D eigenvalue weighted by molar-refractivity contribution is 14.0. The normalized spacial score (nSPS) is 11.7. The Morgan fingerprint density at radius 1 is 1.07 bits per heavy atom. The fourth-order valence-electron chi connectivity index (χ4n) is 2.59. The van der Waals surface area contributed by atoms with E-state index in [1.165, 1.54) is 12.1 Å². The van der Waals surface area contributed by atoms with Crippen LogP contribution in [-0.4, -0.2) is 34.0 Å². The van der Waals surface area contributed by atoms with Crippen molar-refractivity contribution in [3.05, 3.63) is 65.0 Å². The first-order valence-corrected chi connectivity index (χ1v) is 10.6. The van der Waals surface area contributed by atoms with E-state index in [9.17, 15) is 12.8 Å². The maximum absolute atomic E-state index is 13.2. The van der Waals surface area contributed by atoms with Crippen LogP contribution in [0.3, 0.4) is 0 Å². The van der Waals surface area contributed by atoms with Gasteiger partial charge in [-0.25, -0.2) is 22.5 Å². The van der Waals surface area contributed by atoms with Gasteiger partial charge in [0.15, 0.2) is 5.96 Å². The van der Waals surface area contributed by atoms with E-state index in [1.54, 1.807) is 31.2 Å². The van der Waals surface area contributed by atoms with Crippen molar-refractivity contribution in [3.8, 4) is 0 Å². The second-order valence-electron chi connectivity index (χ2n) is 6.42. The summed E-state index contributed by atoms with van der Waals surface area (Å²) in [5, 5.41) is 6.16. The molecule has 2 aromatic rings. The molecule has 160 valence electrons. The van der Waals surface area contributed by atoms with Crippen LogP contribution in [-0.2, 0) is 16.6 Å². The molecule has 0 aliphatic rings. The maximum Gasteiger partial charge on any atom is 0.240 e.